The predicted molar refractivity (Wildman–Crippen MR) is 41.0 cm³/mol. The van der Waals surface area contributed by atoms with Crippen molar-refractivity contribution in [2.75, 3.05) is 0 Å². The maximum Gasteiger partial charge on any atom is 0.354 e. The zero-order valence-electron chi connectivity index (χ0n) is 5.81. The van der Waals surface area contributed by atoms with Gasteiger partial charge in [0.1, 0.15) is 6.33 Å². The van der Waals surface area contributed by atoms with Crippen molar-refractivity contribution in [3.8, 4) is 0 Å². The average molecular weight is 175 g/mol. The van der Waals surface area contributed by atoms with E-state index in [2.05, 4.69) is 9.97 Å². The van der Waals surface area contributed by atoms with Gasteiger partial charge in [-0.15, -0.1) is 12.4 Å². The fraction of sp³-hybridized carbons (Fsp3) is 0.167. The molecule has 0 fully saturated rings. The first-order valence-corrected chi connectivity index (χ1v) is 2.72. The van der Waals surface area contributed by atoms with E-state index in [9.17, 15) is 4.79 Å². The van der Waals surface area contributed by atoms with Crippen LogP contribution < -0.4 is 0 Å². The molecule has 0 bridgehead atoms. The van der Waals surface area contributed by atoms with Crippen LogP contribution in [0.1, 0.15) is 16.2 Å². The maximum atomic E-state index is 10.3. The van der Waals surface area contributed by atoms with E-state index < -0.39 is 5.97 Å². The number of carbonyl (C=O) groups is 1. The third kappa shape index (κ3) is 2.51. The van der Waals surface area contributed by atoms with E-state index in [4.69, 9.17) is 5.11 Å². The van der Waals surface area contributed by atoms with Crippen LogP contribution >= 0.6 is 12.4 Å². The minimum absolute atomic E-state index is 0. The Balaban J connectivity index is 0.000001000. The van der Waals surface area contributed by atoms with Crippen molar-refractivity contribution >= 4 is 18.4 Å². The van der Waals surface area contributed by atoms with Gasteiger partial charge in [0.15, 0.2) is 5.69 Å². The topological polar surface area (TPSA) is 63.1 Å². The van der Waals surface area contributed by atoms with Crippen LogP contribution in [-0.2, 0) is 0 Å². The molecule has 60 valence electrons. The molecule has 0 aliphatic carbocycles. The second kappa shape index (κ2) is 3.88. The smallest absolute Gasteiger partial charge is 0.354 e. The molecule has 1 heterocycles. The van der Waals surface area contributed by atoms with Crippen LogP contribution in [0.3, 0.4) is 0 Å². The quantitative estimate of drug-likeness (QED) is 0.687. The molecule has 5 heteroatoms. The molecule has 11 heavy (non-hydrogen) atoms. The molecule has 0 saturated carbocycles. The molecule has 0 spiro atoms. The molecule has 0 unspecified atom stereocenters. The monoisotopic (exact) mass is 174 g/mol. The molecule has 1 aromatic heterocycles. The summed E-state index contributed by atoms with van der Waals surface area (Å²) in [7, 11) is 0. The average Bonchev–Trinajstić information content (AvgIpc) is 1.88. The van der Waals surface area contributed by atoms with Gasteiger partial charge in [0.2, 0.25) is 0 Å². The highest BCUT2D eigenvalue weighted by atomic mass is 35.5. The van der Waals surface area contributed by atoms with E-state index in [0.717, 1.165) is 0 Å². The number of hydrogen-bond donors (Lipinski definition) is 1. The van der Waals surface area contributed by atoms with Crippen LogP contribution in [0.2, 0.25) is 0 Å². The Morgan fingerprint density at radius 1 is 1.55 bits per heavy atom. The zero-order chi connectivity index (χ0) is 7.56. The Kier molecular flexibility index (Phi) is 3.47. The van der Waals surface area contributed by atoms with Crippen molar-refractivity contribution in [3.05, 3.63) is 23.8 Å². The number of nitrogens with zero attached hydrogens (tertiary/aromatic N) is 2. The molecule has 0 saturated heterocycles. The van der Waals surface area contributed by atoms with Gasteiger partial charge in [-0.2, -0.15) is 0 Å². The van der Waals surface area contributed by atoms with Gasteiger partial charge < -0.3 is 5.11 Å². The Morgan fingerprint density at radius 3 is 2.55 bits per heavy atom. The molecule has 0 aliphatic heterocycles. The number of aryl methyl sites for hydroxylation is 1. The molecular formula is C6H7ClN2O2. The lowest BCUT2D eigenvalue weighted by molar-refractivity contribution is 0.0690. The highest BCUT2D eigenvalue weighted by Crippen LogP contribution is 1.94. The van der Waals surface area contributed by atoms with E-state index in [0.29, 0.717) is 5.69 Å². The number of halogens is 1. The summed E-state index contributed by atoms with van der Waals surface area (Å²) >= 11 is 0. The van der Waals surface area contributed by atoms with Crippen LogP contribution in [0.15, 0.2) is 12.4 Å². The summed E-state index contributed by atoms with van der Waals surface area (Å²) in [5.41, 5.74) is 0.694. The molecule has 0 aliphatic rings. The minimum Gasteiger partial charge on any atom is -0.477 e. The summed E-state index contributed by atoms with van der Waals surface area (Å²) in [5.74, 6) is -1.02. The van der Waals surface area contributed by atoms with E-state index in [1.807, 2.05) is 0 Å². The first kappa shape index (κ1) is 9.84. The third-order valence-corrected chi connectivity index (χ3v) is 1.02. The van der Waals surface area contributed by atoms with Crippen molar-refractivity contribution in [3.63, 3.8) is 0 Å². The van der Waals surface area contributed by atoms with Gasteiger partial charge >= 0.3 is 5.97 Å². The number of carboxylic acids is 1. The Labute approximate surface area is 69.7 Å². The van der Waals surface area contributed by atoms with Crippen LogP contribution in [0.4, 0.5) is 0 Å². The van der Waals surface area contributed by atoms with E-state index in [-0.39, 0.29) is 18.1 Å². The van der Waals surface area contributed by atoms with Crippen molar-refractivity contribution < 1.29 is 9.90 Å². The molecule has 0 radical (unpaired) electrons. The lowest BCUT2D eigenvalue weighted by Crippen LogP contribution is -2.00. The summed E-state index contributed by atoms with van der Waals surface area (Å²) in [5, 5.41) is 8.42. The van der Waals surface area contributed by atoms with E-state index in [1.165, 1.54) is 12.4 Å². The SMILES string of the molecule is Cc1cc(C(=O)O)ncn1.Cl. The number of hydrogen-bond acceptors (Lipinski definition) is 3. The molecule has 1 rings (SSSR count). The highest BCUT2D eigenvalue weighted by molar-refractivity contribution is 5.85. The molecule has 0 aromatic carbocycles. The second-order valence-corrected chi connectivity index (χ2v) is 1.85. The Morgan fingerprint density at radius 2 is 2.18 bits per heavy atom. The summed E-state index contributed by atoms with van der Waals surface area (Å²) in [6.07, 6.45) is 1.23. The standard InChI is InChI=1S/C6H6N2O2.ClH/c1-4-2-5(6(9)10)8-3-7-4;/h2-3H,1H3,(H,9,10);1H. The largest absolute Gasteiger partial charge is 0.477 e. The first-order chi connectivity index (χ1) is 4.70. The van der Waals surface area contributed by atoms with Crippen LogP contribution in [0.25, 0.3) is 0 Å². The van der Waals surface area contributed by atoms with Crippen molar-refractivity contribution in [2.24, 2.45) is 0 Å². The lowest BCUT2D eigenvalue weighted by Gasteiger charge is -1.91. The fourth-order valence-electron chi connectivity index (χ4n) is 0.571. The molecular weight excluding hydrogens is 168 g/mol. The molecule has 1 aromatic rings. The van der Waals surface area contributed by atoms with E-state index in [1.54, 1.807) is 6.92 Å². The summed E-state index contributed by atoms with van der Waals surface area (Å²) in [4.78, 5) is 17.5. The summed E-state index contributed by atoms with van der Waals surface area (Å²) in [6, 6.07) is 1.42. The highest BCUT2D eigenvalue weighted by Gasteiger charge is 2.02. The molecule has 0 atom stereocenters. The van der Waals surface area contributed by atoms with Crippen LogP contribution in [0, 0.1) is 6.92 Å². The van der Waals surface area contributed by atoms with Gasteiger partial charge in [0.05, 0.1) is 0 Å². The van der Waals surface area contributed by atoms with Gasteiger partial charge in [-0.25, -0.2) is 14.8 Å². The van der Waals surface area contributed by atoms with Gasteiger partial charge in [-0.1, -0.05) is 0 Å². The molecule has 1 N–H and O–H groups in total. The minimum atomic E-state index is -1.02. The number of aromatic nitrogens is 2. The van der Waals surface area contributed by atoms with Gasteiger partial charge in [0, 0.05) is 5.69 Å². The van der Waals surface area contributed by atoms with Crippen molar-refractivity contribution in [2.45, 2.75) is 6.92 Å². The van der Waals surface area contributed by atoms with Gasteiger partial charge in [-0.3, -0.25) is 0 Å². The maximum absolute atomic E-state index is 10.3. The lowest BCUT2D eigenvalue weighted by atomic mass is 10.3. The number of rotatable bonds is 1. The van der Waals surface area contributed by atoms with Crippen LogP contribution in [-0.4, -0.2) is 21.0 Å². The normalized spacial score (nSPS) is 8.45. The van der Waals surface area contributed by atoms with Crippen LogP contribution in [0.5, 0.6) is 0 Å². The first-order valence-electron chi connectivity index (χ1n) is 2.72. The van der Waals surface area contributed by atoms with Gasteiger partial charge in [-0.05, 0) is 13.0 Å². The predicted octanol–water partition coefficient (Wildman–Crippen LogP) is 0.905. The molecule has 0 amide bonds. The van der Waals surface area contributed by atoms with E-state index >= 15 is 0 Å². The number of aromatic carboxylic acids is 1. The number of carboxylic acid groups (broad SMARTS) is 1. The van der Waals surface area contributed by atoms with Crippen molar-refractivity contribution in [1.82, 2.24) is 9.97 Å². The Hall–Kier alpha value is -1.16. The summed E-state index contributed by atoms with van der Waals surface area (Å²) in [6.45, 7) is 1.72. The fourth-order valence-corrected chi connectivity index (χ4v) is 0.571. The van der Waals surface area contributed by atoms with Gasteiger partial charge in [0.25, 0.3) is 0 Å². The Bertz CT molecular complexity index is 265. The third-order valence-electron chi connectivity index (χ3n) is 1.02. The molecule has 4 nitrogen and oxygen atoms in total. The summed E-state index contributed by atoms with van der Waals surface area (Å²) < 4.78 is 0. The second-order valence-electron chi connectivity index (χ2n) is 1.85. The van der Waals surface area contributed by atoms with Crippen molar-refractivity contribution in [1.29, 1.82) is 0 Å². The zero-order valence-corrected chi connectivity index (χ0v) is 6.63.